The van der Waals surface area contributed by atoms with Crippen LogP contribution in [0.3, 0.4) is 0 Å². The number of nitrogens with one attached hydrogen (secondary N) is 3. The molecule has 110 valence electrons. The summed E-state index contributed by atoms with van der Waals surface area (Å²) >= 11 is 0. The Bertz CT molecular complexity index is 350. The normalized spacial score (nSPS) is 13.6. The zero-order valence-electron chi connectivity index (χ0n) is 11.8. The predicted octanol–water partition coefficient (Wildman–Crippen LogP) is 1.63. The van der Waals surface area contributed by atoms with Crippen molar-refractivity contribution >= 4 is 11.9 Å². The van der Waals surface area contributed by atoms with Crippen LogP contribution in [0.15, 0.2) is 12.0 Å². The lowest BCUT2D eigenvalue weighted by Crippen LogP contribution is -2.45. The van der Waals surface area contributed by atoms with Gasteiger partial charge in [0.1, 0.15) is 5.60 Å². The molecule has 0 aromatic heterocycles. The van der Waals surface area contributed by atoms with E-state index in [0.29, 0.717) is 12.6 Å². The number of hydrogen-bond donors (Lipinski definition) is 4. The average molecular weight is 274 g/mol. The SMILES string of the molecule is CC[C@H](CNC(=N)/C(F)=C\N)NC(=O)OC(C)(C)C. The number of hydrogen-bond acceptors (Lipinski definition) is 4. The first-order valence-corrected chi connectivity index (χ1v) is 6.09. The number of carbonyl (C=O) groups is 1. The zero-order valence-corrected chi connectivity index (χ0v) is 11.8. The maximum Gasteiger partial charge on any atom is 0.407 e. The van der Waals surface area contributed by atoms with Crippen LogP contribution in [-0.2, 0) is 4.74 Å². The lowest BCUT2D eigenvalue weighted by Gasteiger charge is -2.23. The zero-order chi connectivity index (χ0) is 15.1. The van der Waals surface area contributed by atoms with Crippen molar-refractivity contribution < 1.29 is 13.9 Å². The Kier molecular flexibility index (Phi) is 6.89. The molecule has 1 amide bonds. The molecule has 5 N–H and O–H groups in total. The van der Waals surface area contributed by atoms with E-state index >= 15 is 0 Å². The minimum Gasteiger partial charge on any atom is -0.444 e. The summed E-state index contributed by atoms with van der Waals surface area (Å²) in [5.74, 6) is -1.25. The van der Waals surface area contributed by atoms with Gasteiger partial charge in [-0.25, -0.2) is 9.18 Å². The van der Waals surface area contributed by atoms with E-state index in [1.54, 1.807) is 20.8 Å². The van der Waals surface area contributed by atoms with Gasteiger partial charge in [0.05, 0.1) is 0 Å². The number of rotatable bonds is 5. The van der Waals surface area contributed by atoms with Gasteiger partial charge < -0.3 is 21.1 Å². The Morgan fingerprint density at radius 2 is 2.11 bits per heavy atom. The Morgan fingerprint density at radius 1 is 1.53 bits per heavy atom. The molecule has 0 saturated heterocycles. The van der Waals surface area contributed by atoms with Gasteiger partial charge in [-0.3, -0.25) is 5.41 Å². The molecule has 0 rings (SSSR count). The Morgan fingerprint density at radius 3 is 2.53 bits per heavy atom. The third-order valence-electron chi connectivity index (χ3n) is 2.12. The van der Waals surface area contributed by atoms with Gasteiger partial charge in [0, 0.05) is 18.8 Å². The van der Waals surface area contributed by atoms with E-state index in [4.69, 9.17) is 15.9 Å². The van der Waals surface area contributed by atoms with Gasteiger partial charge in [0.25, 0.3) is 0 Å². The maximum atomic E-state index is 12.9. The smallest absolute Gasteiger partial charge is 0.407 e. The van der Waals surface area contributed by atoms with E-state index < -0.39 is 23.4 Å². The largest absolute Gasteiger partial charge is 0.444 e. The number of ether oxygens (including phenoxy) is 1. The number of amides is 1. The lowest BCUT2D eigenvalue weighted by molar-refractivity contribution is 0.0503. The van der Waals surface area contributed by atoms with E-state index in [-0.39, 0.29) is 12.6 Å². The van der Waals surface area contributed by atoms with Gasteiger partial charge in [-0.1, -0.05) is 6.92 Å². The summed E-state index contributed by atoms with van der Waals surface area (Å²) in [6.45, 7) is 7.38. The van der Waals surface area contributed by atoms with Crippen LogP contribution in [0.1, 0.15) is 34.1 Å². The van der Waals surface area contributed by atoms with E-state index in [9.17, 15) is 9.18 Å². The van der Waals surface area contributed by atoms with Crippen LogP contribution >= 0.6 is 0 Å². The maximum absolute atomic E-state index is 12.9. The number of carbonyl (C=O) groups excluding carboxylic acids is 1. The van der Waals surface area contributed by atoms with Gasteiger partial charge in [-0.05, 0) is 27.2 Å². The summed E-state index contributed by atoms with van der Waals surface area (Å²) < 4.78 is 18.0. The third-order valence-corrected chi connectivity index (χ3v) is 2.12. The minimum absolute atomic E-state index is 0.218. The summed E-state index contributed by atoms with van der Waals surface area (Å²) in [7, 11) is 0. The average Bonchev–Trinajstić information content (AvgIpc) is 2.30. The van der Waals surface area contributed by atoms with Crippen LogP contribution in [-0.4, -0.2) is 30.1 Å². The molecule has 0 aliphatic rings. The molecule has 6 nitrogen and oxygen atoms in total. The minimum atomic E-state index is -0.841. The summed E-state index contributed by atoms with van der Waals surface area (Å²) in [4.78, 5) is 11.5. The molecule has 0 aliphatic heterocycles. The fraction of sp³-hybridized carbons (Fsp3) is 0.667. The molecule has 1 atom stereocenters. The highest BCUT2D eigenvalue weighted by Gasteiger charge is 2.19. The second-order valence-electron chi connectivity index (χ2n) is 5.02. The number of alkyl carbamates (subject to hydrolysis) is 1. The first-order chi connectivity index (χ1) is 8.69. The van der Waals surface area contributed by atoms with Crippen molar-refractivity contribution in [3.8, 4) is 0 Å². The highest BCUT2D eigenvalue weighted by Crippen LogP contribution is 2.07. The van der Waals surface area contributed by atoms with Crippen molar-refractivity contribution in [1.82, 2.24) is 10.6 Å². The molecule has 0 aromatic rings. The van der Waals surface area contributed by atoms with E-state index in [1.807, 2.05) is 6.92 Å². The molecule has 19 heavy (non-hydrogen) atoms. The first kappa shape index (κ1) is 17.2. The predicted molar refractivity (Wildman–Crippen MR) is 72.6 cm³/mol. The molecule has 0 aliphatic carbocycles. The van der Waals surface area contributed by atoms with Crippen molar-refractivity contribution in [2.45, 2.75) is 45.8 Å². The van der Waals surface area contributed by atoms with Crippen LogP contribution < -0.4 is 16.4 Å². The van der Waals surface area contributed by atoms with Crippen LogP contribution in [0.25, 0.3) is 0 Å². The molecule has 0 heterocycles. The van der Waals surface area contributed by atoms with Crippen LogP contribution in [0.4, 0.5) is 9.18 Å². The van der Waals surface area contributed by atoms with Gasteiger partial charge in [0.2, 0.25) is 0 Å². The molecule has 0 aromatic carbocycles. The van der Waals surface area contributed by atoms with Gasteiger partial charge in [-0.2, -0.15) is 0 Å². The monoisotopic (exact) mass is 274 g/mol. The Hall–Kier alpha value is -1.79. The quantitative estimate of drug-likeness (QED) is 0.452. The van der Waals surface area contributed by atoms with Crippen LogP contribution in [0.5, 0.6) is 0 Å². The molecule has 0 fully saturated rings. The van der Waals surface area contributed by atoms with E-state index in [2.05, 4.69) is 10.6 Å². The summed E-state index contributed by atoms with van der Waals surface area (Å²) in [5.41, 5.74) is 4.38. The van der Waals surface area contributed by atoms with Crippen molar-refractivity contribution in [3.05, 3.63) is 12.0 Å². The second kappa shape index (κ2) is 7.60. The molecule has 0 unspecified atom stereocenters. The highest BCUT2D eigenvalue weighted by molar-refractivity contribution is 5.93. The molecule has 0 saturated carbocycles. The van der Waals surface area contributed by atoms with Crippen molar-refractivity contribution in [3.63, 3.8) is 0 Å². The second-order valence-corrected chi connectivity index (χ2v) is 5.02. The van der Waals surface area contributed by atoms with Crippen LogP contribution in [0, 0.1) is 5.41 Å². The standard InChI is InChI=1S/C12H23FN4O2/c1-5-8(7-16-10(15)9(13)6-14)17-11(18)19-12(2,3)4/h6,8H,5,7,14H2,1-4H3,(H2,15,16)(H,17,18)/b9-6+/t8-/m1/s1. The van der Waals surface area contributed by atoms with Crippen molar-refractivity contribution in [2.75, 3.05) is 6.54 Å². The topological polar surface area (TPSA) is 100 Å². The summed E-state index contributed by atoms with van der Waals surface area (Å²) in [6.07, 6.45) is 0.785. The number of nitrogens with two attached hydrogens (primary N) is 1. The number of amidine groups is 1. The fourth-order valence-corrected chi connectivity index (χ4v) is 1.16. The third kappa shape index (κ3) is 8.01. The Labute approximate surface area is 113 Å². The number of halogens is 1. The molecular weight excluding hydrogens is 251 g/mol. The van der Waals surface area contributed by atoms with Gasteiger partial charge in [0.15, 0.2) is 11.7 Å². The van der Waals surface area contributed by atoms with Gasteiger partial charge in [-0.15, -0.1) is 0 Å². The van der Waals surface area contributed by atoms with Crippen molar-refractivity contribution in [2.24, 2.45) is 5.73 Å². The van der Waals surface area contributed by atoms with Crippen molar-refractivity contribution in [1.29, 1.82) is 5.41 Å². The molecular formula is C12H23FN4O2. The Balaban J connectivity index is 4.23. The summed E-state index contributed by atoms with van der Waals surface area (Å²) in [5, 5.41) is 12.5. The summed E-state index contributed by atoms with van der Waals surface area (Å²) in [6, 6.07) is -0.263. The highest BCUT2D eigenvalue weighted by atomic mass is 19.1. The van der Waals surface area contributed by atoms with E-state index in [1.165, 1.54) is 0 Å². The van der Waals surface area contributed by atoms with E-state index in [0.717, 1.165) is 0 Å². The fourth-order valence-electron chi connectivity index (χ4n) is 1.16. The molecule has 0 bridgehead atoms. The van der Waals surface area contributed by atoms with Crippen LogP contribution in [0.2, 0.25) is 0 Å². The molecule has 0 spiro atoms. The molecule has 0 radical (unpaired) electrons. The molecule has 7 heteroatoms. The van der Waals surface area contributed by atoms with Gasteiger partial charge >= 0.3 is 6.09 Å². The first-order valence-electron chi connectivity index (χ1n) is 6.09. The lowest BCUT2D eigenvalue weighted by atomic mass is 10.2.